The van der Waals surface area contributed by atoms with E-state index in [0.29, 0.717) is 5.56 Å². The van der Waals surface area contributed by atoms with Crippen molar-refractivity contribution in [3.8, 4) is 0 Å². The third kappa shape index (κ3) is 3.09. The van der Waals surface area contributed by atoms with Crippen molar-refractivity contribution in [2.75, 3.05) is 0 Å². The molecule has 0 amide bonds. The van der Waals surface area contributed by atoms with Gasteiger partial charge in [-0.25, -0.2) is 4.79 Å². The van der Waals surface area contributed by atoms with Crippen molar-refractivity contribution >= 4 is 5.97 Å². The Balaban J connectivity index is 2.13. The number of pyridine rings is 1. The van der Waals surface area contributed by atoms with Crippen molar-refractivity contribution in [2.24, 2.45) is 0 Å². The maximum absolute atomic E-state index is 12.3. The highest BCUT2D eigenvalue weighted by Gasteiger charge is 2.31. The second-order valence-corrected chi connectivity index (χ2v) is 3.78. The van der Waals surface area contributed by atoms with Crippen molar-refractivity contribution in [2.45, 2.75) is 12.7 Å². The van der Waals surface area contributed by atoms with Crippen molar-refractivity contribution in [3.05, 3.63) is 47.5 Å². The van der Waals surface area contributed by atoms with Gasteiger partial charge in [-0.05, 0) is 11.6 Å². The molecule has 0 bridgehead atoms. The molecule has 2 rings (SSSR count). The summed E-state index contributed by atoms with van der Waals surface area (Å²) in [6.07, 6.45) is -0.925. The summed E-state index contributed by atoms with van der Waals surface area (Å²) in [6, 6.07) is 2.15. The molecule has 8 heteroatoms. The molecule has 2 heterocycles. The van der Waals surface area contributed by atoms with Crippen LogP contribution in [0.4, 0.5) is 13.2 Å². The number of aromatic nitrogens is 3. The molecule has 0 saturated carbocycles. The van der Waals surface area contributed by atoms with Crippen LogP contribution in [0, 0.1) is 0 Å². The lowest BCUT2D eigenvalue weighted by Gasteiger charge is -2.06. The highest BCUT2D eigenvalue weighted by Crippen LogP contribution is 2.27. The molecule has 2 aromatic heterocycles. The van der Waals surface area contributed by atoms with Gasteiger partial charge in [-0.3, -0.25) is 9.67 Å². The Hall–Kier alpha value is -2.38. The predicted octanol–water partition coefficient (Wildman–Crippen LogP) is 2.04. The summed E-state index contributed by atoms with van der Waals surface area (Å²) >= 11 is 0. The maximum atomic E-state index is 12.3. The molecule has 0 fully saturated rings. The van der Waals surface area contributed by atoms with E-state index in [1.807, 2.05) is 0 Å². The summed E-state index contributed by atoms with van der Waals surface area (Å²) in [5.74, 6) is -1.11. The van der Waals surface area contributed by atoms with E-state index in [-0.39, 0.29) is 12.1 Å². The number of aromatic carboxylic acids is 1. The highest BCUT2D eigenvalue weighted by molar-refractivity contribution is 5.86. The lowest BCUT2D eigenvalue weighted by molar-refractivity contribution is -0.141. The first-order chi connectivity index (χ1) is 8.86. The van der Waals surface area contributed by atoms with Crippen LogP contribution in [0.5, 0.6) is 0 Å². The molecule has 0 radical (unpaired) electrons. The first kappa shape index (κ1) is 13.1. The van der Waals surface area contributed by atoms with Crippen LogP contribution in [0.3, 0.4) is 0 Å². The first-order valence-electron chi connectivity index (χ1n) is 5.14. The van der Waals surface area contributed by atoms with Gasteiger partial charge in [0.1, 0.15) is 5.69 Å². The third-order valence-electron chi connectivity index (χ3n) is 2.34. The van der Waals surface area contributed by atoms with Gasteiger partial charge in [0.2, 0.25) is 0 Å². The van der Waals surface area contributed by atoms with E-state index in [4.69, 9.17) is 5.11 Å². The molecule has 0 aliphatic rings. The smallest absolute Gasteiger partial charge is 0.433 e. The van der Waals surface area contributed by atoms with Gasteiger partial charge in [-0.2, -0.15) is 18.3 Å². The van der Waals surface area contributed by atoms with Crippen LogP contribution >= 0.6 is 0 Å². The standard InChI is InChI=1S/C11H8F3N3O2/c12-11(13,14)9-2-1-7(3-15-9)5-17-6-8(4-16-17)10(18)19/h1-4,6H,5H2,(H,18,19). The molecule has 0 aromatic carbocycles. The van der Waals surface area contributed by atoms with Crippen LogP contribution in [-0.2, 0) is 12.7 Å². The second-order valence-electron chi connectivity index (χ2n) is 3.78. The Bertz CT molecular complexity index is 590. The molecule has 5 nitrogen and oxygen atoms in total. The lowest BCUT2D eigenvalue weighted by atomic mass is 10.2. The van der Waals surface area contributed by atoms with Gasteiger partial charge in [0.25, 0.3) is 0 Å². The van der Waals surface area contributed by atoms with E-state index in [0.717, 1.165) is 12.3 Å². The van der Waals surface area contributed by atoms with Crippen LogP contribution in [-0.4, -0.2) is 25.8 Å². The normalized spacial score (nSPS) is 11.5. The molecular formula is C11H8F3N3O2. The van der Waals surface area contributed by atoms with Gasteiger partial charge in [0, 0.05) is 12.4 Å². The molecule has 100 valence electrons. The fourth-order valence-electron chi connectivity index (χ4n) is 1.43. The van der Waals surface area contributed by atoms with E-state index >= 15 is 0 Å². The number of hydrogen-bond acceptors (Lipinski definition) is 3. The maximum Gasteiger partial charge on any atom is 0.433 e. The monoisotopic (exact) mass is 271 g/mol. The summed E-state index contributed by atoms with van der Waals surface area (Å²) in [5, 5.41) is 12.5. The van der Waals surface area contributed by atoms with Crippen molar-refractivity contribution < 1.29 is 23.1 Å². The molecule has 0 aliphatic heterocycles. The van der Waals surface area contributed by atoms with E-state index in [1.165, 1.54) is 23.1 Å². The zero-order valence-corrected chi connectivity index (χ0v) is 9.42. The molecular weight excluding hydrogens is 263 g/mol. The number of rotatable bonds is 3. The summed E-state index contributed by atoms with van der Waals surface area (Å²) in [6.45, 7) is 0.151. The molecule has 0 aliphatic carbocycles. The van der Waals surface area contributed by atoms with Crippen LogP contribution in [0.15, 0.2) is 30.7 Å². The van der Waals surface area contributed by atoms with E-state index in [9.17, 15) is 18.0 Å². The molecule has 0 unspecified atom stereocenters. The van der Waals surface area contributed by atoms with Crippen molar-refractivity contribution in [1.82, 2.24) is 14.8 Å². The second kappa shape index (κ2) is 4.71. The van der Waals surface area contributed by atoms with Gasteiger partial charge < -0.3 is 5.11 Å². The molecule has 0 atom stereocenters. The Labute approximate surface area is 105 Å². The minimum atomic E-state index is -4.47. The van der Waals surface area contributed by atoms with Crippen molar-refractivity contribution in [1.29, 1.82) is 0 Å². The van der Waals surface area contributed by atoms with Crippen molar-refractivity contribution in [3.63, 3.8) is 0 Å². The van der Waals surface area contributed by atoms with Crippen LogP contribution < -0.4 is 0 Å². The number of halogens is 3. The van der Waals surface area contributed by atoms with Crippen LogP contribution in [0.2, 0.25) is 0 Å². The Morgan fingerprint density at radius 2 is 2.05 bits per heavy atom. The van der Waals surface area contributed by atoms with Gasteiger partial charge in [0.05, 0.1) is 18.3 Å². The van der Waals surface area contributed by atoms with E-state index < -0.39 is 17.8 Å². The third-order valence-corrected chi connectivity index (χ3v) is 2.34. The quantitative estimate of drug-likeness (QED) is 0.927. The minimum Gasteiger partial charge on any atom is -0.478 e. The zero-order chi connectivity index (χ0) is 14.0. The average Bonchev–Trinajstić information content (AvgIpc) is 2.77. The highest BCUT2D eigenvalue weighted by atomic mass is 19.4. The number of carbonyl (C=O) groups is 1. The van der Waals surface area contributed by atoms with Crippen LogP contribution in [0.1, 0.15) is 21.6 Å². The van der Waals surface area contributed by atoms with Gasteiger partial charge >= 0.3 is 12.1 Å². The number of carboxylic acid groups (broad SMARTS) is 1. The van der Waals surface area contributed by atoms with Crippen LogP contribution in [0.25, 0.3) is 0 Å². The van der Waals surface area contributed by atoms with Gasteiger partial charge in [-0.1, -0.05) is 6.07 Å². The SMILES string of the molecule is O=C(O)c1cnn(Cc2ccc(C(F)(F)F)nc2)c1. The molecule has 1 N–H and O–H groups in total. The Morgan fingerprint density at radius 1 is 1.32 bits per heavy atom. The number of alkyl halides is 3. The van der Waals surface area contributed by atoms with Gasteiger partial charge in [0.15, 0.2) is 0 Å². The Morgan fingerprint density at radius 3 is 2.53 bits per heavy atom. The Kier molecular flexibility index (Phi) is 3.24. The number of carboxylic acids is 1. The summed E-state index contributed by atoms with van der Waals surface area (Å²) in [7, 11) is 0. The molecule has 2 aromatic rings. The summed E-state index contributed by atoms with van der Waals surface area (Å²) in [4.78, 5) is 13.9. The van der Waals surface area contributed by atoms with Gasteiger partial charge in [-0.15, -0.1) is 0 Å². The number of nitrogens with zero attached hydrogens (tertiary/aromatic N) is 3. The summed E-state index contributed by atoms with van der Waals surface area (Å²) < 4.78 is 38.2. The summed E-state index contributed by atoms with van der Waals surface area (Å²) in [5.41, 5.74) is -0.462. The fraction of sp³-hybridized carbons (Fsp3) is 0.182. The predicted molar refractivity (Wildman–Crippen MR) is 57.5 cm³/mol. The zero-order valence-electron chi connectivity index (χ0n) is 9.42. The lowest BCUT2D eigenvalue weighted by Crippen LogP contribution is -2.08. The average molecular weight is 271 g/mol. The minimum absolute atomic E-state index is 0.0138. The molecule has 0 saturated heterocycles. The largest absolute Gasteiger partial charge is 0.478 e. The topological polar surface area (TPSA) is 68.0 Å². The fourth-order valence-corrected chi connectivity index (χ4v) is 1.43. The van der Waals surface area contributed by atoms with E-state index in [1.54, 1.807) is 0 Å². The first-order valence-corrected chi connectivity index (χ1v) is 5.14. The van der Waals surface area contributed by atoms with E-state index in [2.05, 4.69) is 10.1 Å². The molecule has 19 heavy (non-hydrogen) atoms. The molecule has 0 spiro atoms. The number of hydrogen-bond donors (Lipinski definition) is 1.